The number of para-hydroxylation sites is 1. The maximum Gasteiger partial charge on any atom is 0.234 e. The summed E-state index contributed by atoms with van der Waals surface area (Å²) in [4.78, 5) is 25.6. The van der Waals surface area contributed by atoms with E-state index >= 15 is 0 Å². The Hall–Kier alpha value is -3.24. The van der Waals surface area contributed by atoms with Gasteiger partial charge in [-0.2, -0.15) is 5.26 Å². The molecule has 0 spiro atoms. The van der Waals surface area contributed by atoms with E-state index in [0.29, 0.717) is 34.8 Å². The van der Waals surface area contributed by atoms with Crippen LogP contribution in [0.3, 0.4) is 0 Å². The Kier molecular flexibility index (Phi) is 5.98. The van der Waals surface area contributed by atoms with Crippen LogP contribution >= 0.6 is 11.8 Å². The maximum absolute atomic E-state index is 13.1. The predicted molar refractivity (Wildman–Crippen MR) is 125 cm³/mol. The zero-order valence-corrected chi connectivity index (χ0v) is 19.1. The van der Waals surface area contributed by atoms with Crippen molar-refractivity contribution in [3.63, 3.8) is 0 Å². The lowest BCUT2D eigenvalue weighted by Crippen LogP contribution is -2.37. The van der Waals surface area contributed by atoms with Crippen LogP contribution < -0.4 is 10.6 Å². The normalized spacial score (nSPS) is 19.8. The average molecular weight is 448 g/mol. The molecule has 1 aromatic carbocycles. The van der Waals surface area contributed by atoms with Crippen molar-refractivity contribution in [2.75, 3.05) is 11.1 Å². The van der Waals surface area contributed by atoms with Crippen LogP contribution in [0.5, 0.6) is 0 Å². The van der Waals surface area contributed by atoms with Crippen LogP contribution in [-0.4, -0.2) is 17.4 Å². The third-order valence-electron chi connectivity index (χ3n) is 5.58. The minimum Gasteiger partial charge on any atom is -0.465 e. The van der Waals surface area contributed by atoms with Gasteiger partial charge in [-0.05, 0) is 43.0 Å². The fraction of sp³-hybridized carbons (Fsp3) is 0.320. The third-order valence-corrected chi connectivity index (χ3v) is 6.59. The molecule has 0 bridgehead atoms. The number of ketones is 1. The van der Waals surface area contributed by atoms with E-state index in [2.05, 4.69) is 30.6 Å². The smallest absolute Gasteiger partial charge is 0.234 e. The summed E-state index contributed by atoms with van der Waals surface area (Å²) in [7, 11) is 0. The Morgan fingerprint density at radius 2 is 2.00 bits per heavy atom. The van der Waals surface area contributed by atoms with Crippen LogP contribution in [0.1, 0.15) is 44.1 Å². The molecule has 2 N–H and O–H groups in total. The van der Waals surface area contributed by atoms with Gasteiger partial charge in [0.25, 0.3) is 0 Å². The molecule has 1 amide bonds. The van der Waals surface area contributed by atoms with E-state index in [9.17, 15) is 14.9 Å². The Morgan fingerprint density at radius 1 is 1.25 bits per heavy atom. The zero-order valence-electron chi connectivity index (χ0n) is 18.3. The first-order chi connectivity index (χ1) is 15.3. The summed E-state index contributed by atoms with van der Waals surface area (Å²) in [5.74, 6) is 0.727. The van der Waals surface area contributed by atoms with Gasteiger partial charge in [0.05, 0.1) is 28.3 Å². The van der Waals surface area contributed by atoms with Gasteiger partial charge in [0.2, 0.25) is 5.91 Å². The number of rotatable bonds is 5. The number of dihydropyridines is 1. The van der Waals surface area contributed by atoms with Crippen LogP contribution in [0.25, 0.3) is 0 Å². The van der Waals surface area contributed by atoms with Crippen molar-refractivity contribution in [2.45, 2.75) is 39.5 Å². The number of nitrogens with zero attached hydrogens (tertiary/aromatic N) is 1. The SMILES string of the molecule is Cc1ccc([C@H]2C(C#N)=C(SCC(=O)Nc3ccccc3)NC3=C2C(=O)CC(C)(C)C3)o1. The average Bonchev–Trinajstić information content (AvgIpc) is 3.17. The number of anilines is 1. The van der Waals surface area contributed by atoms with E-state index in [4.69, 9.17) is 4.42 Å². The molecule has 2 aromatic rings. The van der Waals surface area contributed by atoms with Crippen molar-refractivity contribution in [2.24, 2.45) is 5.41 Å². The number of nitrogens with one attached hydrogen (secondary N) is 2. The monoisotopic (exact) mass is 447 g/mol. The van der Waals surface area contributed by atoms with Crippen molar-refractivity contribution >= 4 is 29.1 Å². The van der Waals surface area contributed by atoms with Crippen LogP contribution in [0.4, 0.5) is 5.69 Å². The highest BCUT2D eigenvalue weighted by Crippen LogP contribution is 2.48. The van der Waals surface area contributed by atoms with Gasteiger partial charge in [-0.1, -0.05) is 43.8 Å². The van der Waals surface area contributed by atoms with Gasteiger partial charge in [-0.15, -0.1) is 0 Å². The largest absolute Gasteiger partial charge is 0.465 e. The first kappa shape index (κ1) is 22.0. The molecule has 2 aliphatic rings. The number of hydrogen-bond donors (Lipinski definition) is 2. The van der Waals surface area contributed by atoms with Crippen LogP contribution in [0, 0.1) is 23.7 Å². The number of nitriles is 1. The van der Waals surface area contributed by atoms with Gasteiger partial charge < -0.3 is 15.1 Å². The second-order valence-electron chi connectivity index (χ2n) is 8.90. The van der Waals surface area contributed by atoms with Gasteiger partial charge >= 0.3 is 0 Å². The number of furan rings is 1. The van der Waals surface area contributed by atoms with E-state index in [1.165, 1.54) is 11.8 Å². The van der Waals surface area contributed by atoms with Crippen molar-refractivity contribution < 1.29 is 14.0 Å². The zero-order chi connectivity index (χ0) is 22.9. The number of carbonyl (C=O) groups is 2. The topological polar surface area (TPSA) is 95.1 Å². The molecule has 0 radical (unpaired) electrons. The van der Waals surface area contributed by atoms with E-state index in [-0.39, 0.29) is 22.9 Å². The molecule has 0 fully saturated rings. The lowest BCUT2D eigenvalue weighted by molar-refractivity contribution is -0.118. The van der Waals surface area contributed by atoms with E-state index in [1.807, 2.05) is 49.4 Å². The second-order valence-corrected chi connectivity index (χ2v) is 9.88. The number of aryl methyl sites for hydroxylation is 1. The quantitative estimate of drug-likeness (QED) is 0.668. The number of Topliss-reactive ketones (excluding diaryl/α,β-unsaturated/α-hetero) is 1. The number of amides is 1. The number of allylic oxidation sites excluding steroid dienone is 3. The van der Waals surface area contributed by atoms with Crippen LogP contribution in [0.2, 0.25) is 0 Å². The molecule has 1 aliphatic heterocycles. The summed E-state index contributed by atoms with van der Waals surface area (Å²) >= 11 is 1.27. The van der Waals surface area contributed by atoms with Gasteiger partial charge in [0.1, 0.15) is 11.5 Å². The molecule has 0 unspecified atom stereocenters. The van der Waals surface area contributed by atoms with Crippen LogP contribution in [0.15, 0.2) is 68.8 Å². The molecule has 1 aromatic heterocycles. The molecule has 4 rings (SSSR count). The molecule has 164 valence electrons. The summed E-state index contributed by atoms with van der Waals surface area (Å²) in [6.07, 6.45) is 1.10. The molecule has 32 heavy (non-hydrogen) atoms. The van der Waals surface area contributed by atoms with Gasteiger partial charge in [-0.25, -0.2) is 0 Å². The van der Waals surface area contributed by atoms with Gasteiger partial charge in [0, 0.05) is 23.4 Å². The van der Waals surface area contributed by atoms with Crippen molar-refractivity contribution in [1.29, 1.82) is 5.26 Å². The highest BCUT2D eigenvalue weighted by Gasteiger charge is 2.43. The lowest BCUT2D eigenvalue weighted by Gasteiger charge is -2.38. The lowest BCUT2D eigenvalue weighted by atomic mass is 9.70. The molecule has 1 atom stereocenters. The highest BCUT2D eigenvalue weighted by atomic mass is 32.2. The molecule has 0 saturated carbocycles. The van der Waals surface area contributed by atoms with Gasteiger partial charge in [-0.3, -0.25) is 9.59 Å². The summed E-state index contributed by atoms with van der Waals surface area (Å²) in [5.41, 5.74) is 2.36. The minimum absolute atomic E-state index is 0.0291. The predicted octanol–water partition coefficient (Wildman–Crippen LogP) is 5.03. The summed E-state index contributed by atoms with van der Waals surface area (Å²) in [6, 6.07) is 15.2. The number of carbonyl (C=O) groups excluding carboxylic acids is 2. The Labute approximate surface area is 191 Å². The Bertz CT molecular complexity index is 1170. The van der Waals surface area contributed by atoms with Crippen molar-refractivity contribution in [3.05, 3.63) is 75.9 Å². The fourth-order valence-corrected chi connectivity index (χ4v) is 5.10. The maximum atomic E-state index is 13.1. The van der Waals surface area contributed by atoms with Crippen molar-refractivity contribution in [3.8, 4) is 6.07 Å². The van der Waals surface area contributed by atoms with E-state index < -0.39 is 5.92 Å². The Balaban J connectivity index is 1.64. The summed E-state index contributed by atoms with van der Waals surface area (Å²) < 4.78 is 5.87. The summed E-state index contributed by atoms with van der Waals surface area (Å²) in [5, 5.41) is 16.8. The van der Waals surface area contributed by atoms with E-state index in [1.54, 1.807) is 0 Å². The van der Waals surface area contributed by atoms with Crippen LogP contribution in [-0.2, 0) is 9.59 Å². The first-order valence-electron chi connectivity index (χ1n) is 10.5. The molecule has 2 heterocycles. The number of thioether (sulfide) groups is 1. The molecule has 7 heteroatoms. The van der Waals surface area contributed by atoms with E-state index in [0.717, 1.165) is 17.1 Å². The molecular formula is C25H25N3O3S. The molecular weight excluding hydrogens is 422 g/mol. The first-order valence-corrected chi connectivity index (χ1v) is 11.5. The van der Waals surface area contributed by atoms with Gasteiger partial charge in [0.15, 0.2) is 5.78 Å². The second kappa shape index (κ2) is 8.71. The minimum atomic E-state index is -0.562. The molecule has 1 aliphatic carbocycles. The summed E-state index contributed by atoms with van der Waals surface area (Å²) in [6.45, 7) is 5.96. The third kappa shape index (κ3) is 4.51. The standard InChI is InChI=1S/C25H25N3O3S/c1-15-9-10-20(31-15)22-17(13-26)24(28-18-11-25(2,3)12-19(29)23(18)22)32-14-21(30)27-16-7-5-4-6-8-16/h4-10,22,28H,11-12,14H2,1-3H3,(H,27,30)/t22-/m1/s1. The Morgan fingerprint density at radius 3 is 2.66 bits per heavy atom. The fourth-order valence-electron chi connectivity index (χ4n) is 4.24. The highest BCUT2D eigenvalue weighted by molar-refractivity contribution is 8.03. The van der Waals surface area contributed by atoms with Crippen molar-refractivity contribution in [1.82, 2.24) is 5.32 Å². The number of benzene rings is 1. The molecule has 6 nitrogen and oxygen atoms in total. The number of hydrogen-bond acceptors (Lipinski definition) is 6. The molecule has 0 saturated heterocycles.